The number of urea groups is 1. The Bertz CT molecular complexity index is 663. The average Bonchev–Trinajstić information content (AvgIpc) is 2.93. The maximum atomic E-state index is 12.2. The summed E-state index contributed by atoms with van der Waals surface area (Å²) in [5, 5.41) is 7.64. The van der Waals surface area contributed by atoms with Crippen molar-refractivity contribution in [3.63, 3.8) is 0 Å². The molecule has 0 unspecified atom stereocenters. The van der Waals surface area contributed by atoms with Crippen molar-refractivity contribution in [2.45, 2.75) is 0 Å². The number of amides is 2. The highest BCUT2D eigenvalue weighted by Gasteiger charge is 2.22. The topological polar surface area (TPSA) is 53.4 Å². The highest BCUT2D eigenvalue weighted by Crippen LogP contribution is 2.26. The van der Waals surface area contributed by atoms with Gasteiger partial charge in [-0.3, -0.25) is 4.68 Å². The fourth-order valence-corrected chi connectivity index (χ4v) is 2.80. The highest BCUT2D eigenvalue weighted by molar-refractivity contribution is 6.33. The van der Waals surface area contributed by atoms with E-state index in [1.165, 1.54) is 0 Å². The van der Waals surface area contributed by atoms with Crippen LogP contribution < -0.4 is 10.2 Å². The zero-order valence-corrected chi connectivity index (χ0v) is 13.1. The van der Waals surface area contributed by atoms with Crippen molar-refractivity contribution in [3.8, 4) is 0 Å². The van der Waals surface area contributed by atoms with Crippen molar-refractivity contribution in [2.75, 3.05) is 36.4 Å². The second-order valence-electron chi connectivity index (χ2n) is 5.26. The van der Waals surface area contributed by atoms with Crippen LogP contribution in [-0.4, -0.2) is 46.9 Å². The smallest absolute Gasteiger partial charge is 0.322 e. The number of nitrogens with one attached hydrogen (secondary N) is 1. The van der Waals surface area contributed by atoms with Crippen LogP contribution in [0.1, 0.15) is 0 Å². The van der Waals surface area contributed by atoms with Crippen LogP contribution in [0, 0.1) is 0 Å². The van der Waals surface area contributed by atoms with E-state index >= 15 is 0 Å². The minimum absolute atomic E-state index is 0.0909. The van der Waals surface area contributed by atoms with E-state index in [0.717, 1.165) is 23.8 Å². The molecule has 22 heavy (non-hydrogen) atoms. The average molecular weight is 320 g/mol. The normalized spacial score (nSPS) is 15.0. The van der Waals surface area contributed by atoms with Gasteiger partial charge < -0.3 is 15.1 Å². The Morgan fingerprint density at radius 1 is 1.23 bits per heavy atom. The number of aromatic nitrogens is 2. The number of aryl methyl sites for hydroxylation is 1. The first-order valence-electron chi connectivity index (χ1n) is 7.17. The lowest BCUT2D eigenvalue weighted by Crippen LogP contribution is -2.50. The molecule has 0 bridgehead atoms. The van der Waals surface area contributed by atoms with Crippen LogP contribution in [0.5, 0.6) is 0 Å². The quantitative estimate of drug-likeness (QED) is 0.925. The van der Waals surface area contributed by atoms with Gasteiger partial charge in [-0.15, -0.1) is 0 Å². The van der Waals surface area contributed by atoms with Crippen LogP contribution in [0.25, 0.3) is 0 Å². The molecule has 0 spiro atoms. The van der Waals surface area contributed by atoms with E-state index in [2.05, 4.69) is 15.3 Å². The molecular formula is C15H18ClN5O. The lowest BCUT2D eigenvalue weighted by atomic mass is 10.2. The van der Waals surface area contributed by atoms with Crippen molar-refractivity contribution >= 4 is 29.0 Å². The number of hydrogen-bond donors (Lipinski definition) is 1. The third-order valence-corrected chi connectivity index (χ3v) is 4.04. The van der Waals surface area contributed by atoms with Gasteiger partial charge in [0.1, 0.15) is 0 Å². The number of anilines is 2. The monoisotopic (exact) mass is 319 g/mol. The second kappa shape index (κ2) is 6.27. The number of para-hydroxylation sites is 1. The van der Waals surface area contributed by atoms with Crippen LogP contribution >= 0.6 is 11.6 Å². The van der Waals surface area contributed by atoms with E-state index in [0.29, 0.717) is 18.8 Å². The van der Waals surface area contributed by atoms with Crippen LogP contribution in [0.3, 0.4) is 0 Å². The molecular weight excluding hydrogens is 302 g/mol. The molecule has 2 amide bonds. The molecule has 0 atom stereocenters. The molecule has 0 radical (unpaired) electrons. The van der Waals surface area contributed by atoms with Crippen LogP contribution in [0.15, 0.2) is 36.7 Å². The summed E-state index contributed by atoms with van der Waals surface area (Å²) in [4.78, 5) is 16.2. The Labute approximate surface area is 134 Å². The van der Waals surface area contributed by atoms with Gasteiger partial charge in [0.2, 0.25) is 0 Å². The number of nitrogens with zero attached hydrogens (tertiary/aromatic N) is 4. The summed E-state index contributed by atoms with van der Waals surface area (Å²) in [5.74, 6) is 0. The molecule has 1 aliphatic heterocycles. The lowest BCUT2D eigenvalue weighted by Gasteiger charge is -2.36. The van der Waals surface area contributed by atoms with E-state index in [1.807, 2.05) is 31.3 Å². The summed E-state index contributed by atoms with van der Waals surface area (Å²) in [6, 6.07) is 7.70. The first-order valence-corrected chi connectivity index (χ1v) is 7.55. The molecule has 2 heterocycles. The standard InChI is InChI=1S/C15H18ClN5O/c1-19-11-12(10-17-19)18-15(22)21-8-6-20(7-9-21)14-5-3-2-4-13(14)16/h2-5,10-11H,6-9H2,1H3,(H,18,22). The highest BCUT2D eigenvalue weighted by atomic mass is 35.5. The Hall–Kier alpha value is -2.21. The fraction of sp³-hybridized carbons (Fsp3) is 0.333. The third kappa shape index (κ3) is 3.17. The van der Waals surface area contributed by atoms with Crippen LogP contribution in [-0.2, 0) is 7.05 Å². The maximum Gasteiger partial charge on any atom is 0.322 e. The van der Waals surface area contributed by atoms with Crippen molar-refractivity contribution in [1.29, 1.82) is 0 Å². The molecule has 1 aromatic carbocycles. The van der Waals surface area contributed by atoms with Gasteiger partial charge >= 0.3 is 6.03 Å². The van der Waals surface area contributed by atoms with Crippen molar-refractivity contribution in [3.05, 3.63) is 41.7 Å². The van der Waals surface area contributed by atoms with Gasteiger partial charge in [-0.1, -0.05) is 23.7 Å². The molecule has 1 aromatic heterocycles. The van der Waals surface area contributed by atoms with Gasteiger partial charge in [0.25, 0.3) is 0 Å². The summed E-state index contributed by atoms with van der Waals surface area (Å²) in [6.45, 7) is 2.86. The molecule has 1 fully saturated rings. The first kappa shape index (κ1) is 14.7. The van der Waals surface area contributed by atoms with Gasteiger partial charge in [0, 0.05) is 39.4 Å². The Morgan fingerprint density at radius 2 is 1.95 bits per heavy atom. The summed E-state index contributed by atoms with van der Waals surface area (Å²) in [5.41, 5.74) is 1.73. The zero-order chi connectivity index (χ0) is 15.5. The molecule has 2 aromatic rings. The van der Waals surface area contributed by atoms with E-state index < -0.39 is 0 Å². The molecule has 0 aliphatic carbocycles. The lowest BCUT2D eigenvalue weighted by molar-refractivity contribution is 0.208. The third-order valence-electron chi connectivity index (χ3n) is 3.72. The van der Waals surface area contributed by atoms with Gasteiger partial charge in [-0.2, -0.15) is 5.10 Å². The van der Waals surface area contributed by atoms with Crippen molar-refractivity contribution < 1.29 is 4.79 Å². The van der Waals surface area contributed by atoms with Crippen LogP contribution in [0.4, 0.5) is 16.2 Å². The van der Waals surface area contributed by atoms with Gasteiger partial charge in [0.15, 0.2) is 0 Å². The Balaban J connectivity index is 1.57. The number of hydrogen-bond acceptors (Lipinski definition) is 3. The predicted molar refractivity (Wildman–Crippen MR) is 87.5 cm³/mol. The van der Waals surface area contributed by atoms with Gasteiger partial charge in [-0.25, -0.2) is 4.79 Å². The van der Waals surface area contributed by atoms with Gasteiger partial charge in [0.05, 0.1) is 22.6 Å². The Kier molecular flexibility index (Phi) is 4.20. The summed E-state index contributed by atoms with van der Waals surface area (Å²) >= 11 is 6.22. The Morgan fingerprint density at radius 3 is 2.59 bits per heavy atom. The number of carbonyl (C=O) groups is 1. The minimum atomic E-state index is -0.0909. The number of rotatable bonds is 2. The minimum Gasteiger partial charge on any atom is -0.367 e. The zero-order valence-electron chi connectivity index (χ0n) is 12.4. The van der Waals surface area contributed by atoms with E-state index in [4.69, 9.17) is 11.6 Å². The van der Waals surface area contributed by atoms with Gasteiger partial charge in [-0.05, 0) is 12.1 Å². The summed E-state index contributed by atoms with van der Waals surface area (Å²) < 4.78 is 1.66. The van der Waals surface area contributed by atoms with E-state index in [1.54, 1.807) is 22.0 Å². The molecule has 1 saturated heterocycles. The molecule has 1 N–H and O–H groups in total. The number of benzene rings is 1. The number of carbonyl (C=O) groups excluding carboxylic acids is 1. The predicted octanol–water partition coefficient (Wildman–Crippen LogP) is 2.43. The number of halogens is 1. The maximum absolute atomic E-state index is 12.2. The first-order chi connectivity index (χ1) is 10.6. The van der Waals surface area contributed by atoms with E-state index in [9.17, 15) is 4.79 Å². The molecule has 116 valence electrons. The van der Waals surface area contributed by atoms with Crippen molar-refractivity contribution in [1.82, 2.24) is 14.7 Å². The molecule has 3 rings (SSSR count). The molecule has 0 saturated carbocycles. The largest absolute Gasteiger partial charge is 0.367 e. The SMILES string of the molecule is Cn1cc(NC(=O)N2CCN(c3ccccc3Cl)CC2)cn1. The van der Waals surface area contributed by atoms with E-state index in [-0.39, 0.29) is 6.03 Å². The fourth-order valence-electron chi connectivity index (χ4n) is 2.55. The summed E-state index contributed by atoms with van der Waals surface area (Å²) in [7, 11) is 1.82. The number of piperazine rings is 1. The van der Waals surface area contributed by atoms with Crippen LogP contribution in [0.2, 0.25) is 5.02 Å². The summed E-state index contributed by atoms with van der Waals surface area (Å²) in [6.07, 6.45) is 3.41. The molecule has 6 nitrogen and oxygen atoms in total. The molecule has 7 heteroatoms. The van der Waals surface area contributed by atoms with Crippen molar-refractivity contribution in [2.24, 2.45) is 7.05 Å². The second-order valence-corrected chi connectivity index (χ2v) is 5.67. The molecule has 1 aliphatic rings.